The number of hydrogen-bond acceptors (Lipinski definition) is 2. The van der Waals surface area contributed by atoms with Gasteiger partial charge in [0, 0.05) is 6.54 Å². The van der Waals surface area contributed by atoms with E-state index in [4.69, 9.17) is 16.9 Å². The fourth-order valence-corrected chi connectivity index (χ4v) is 2.39. The third-order valence-corrected chi connectivity index (χ3v) is 4.19. The van der Waals surface area contributed by atoms with Gasteiger partial charge in [-0.1, -0.05) is 31.5 Å². The number of anilines is 1. The molecule has 0 heterocycles. The van der Waals surface area contributed by atoms with Crippen molar-refractivity contribution in [3.05, 3.63) is 28.8 Å². The largest absolute Gasteiger partial charge is 0.383 e. The van der Waals surface area contributed by atoms with Crippen LogP contribution in [0.25, 0.3) is 0 Å². The fourth-order valence-electron chi connectivity index (χ4n) is 2.18. The molecule has 0 radical (unpaired) electrons. The minimum Gasteiger partial charge on any atom is -0.383 e. The van der Waals surface area contributed by atoms with Crippen LogP contribution < -0.4 is 5.32 Å². The molecule has 1 aromatic rings. The molecule has 1 fully saturated rings. The summed E-state index contributed by atoms with van der Waals surface area (Å²) in [7, 11) is 0. The van der Waals surface area contributed by atoms with E-state index < -0.39 is 0 Å². The lowest BCUT2D eigenvalue weighted by atomic mass is 9.92. The van der Waals surface area contributed by atoms with Gasteiger partial charge in [-0.15, -0.1) is 0 Å². The number of hydrogen-bond donors (Lipinski definition) is 1. The van der Waals surface area contributed by atoms with Gasteiger partial charge in [-0.3, -0.25) is 0 Å². The van der Waals surface area contributed by atoms with Gasteiger partial charge < -0.3 is 5.32 Å². The van der Waals surface area contributed by atoms with E-state index in [9.17, 15) is 0 Å². The predicted molar refractivity (Wildman–Crippen MR) is 71.2 cm³/mol. The highest BCUT2D eigenvalue weighted by Gasteiger charge is 2.44. The van der Waals surface area contributed by atoms with E-state index in [0.29, 0.717) is 21.9 Å². The molecule has 17 heavy (non-hydrogen) atoms. The first-order valence-corrected chi connectivity index (χ1v) is 6.39. The predicted octanol–water partition coefficient (Wildman–Crippen LogP) is 4.06. The van der Waals surface area contributed by atoms with Gasteiger partial charge in [0.05, 0.1) is 16.3 Å². The number of nitrogens with one attached hydrogen (secondary N) is 1. The Morgan fingerprint density at radius 2 is 2.18 bits per heavy atom. The van der Waals surface area contributed by atoms with Gasteiger partial charge in [-0.05, 0) is 36.3 Å². The Hall–Kier alpha value is -1.20. The molecule has 0 amide bonds. The SMILES string of the molecule is CC(C)C1(CNc2cccc(Cl)c2C#N)CC1. The molecule has 3 heteroatoms. The molecule has 1 saturated carbocycles. The van der Waals surface area contributed by atoms with Gasteiger partial charge in [0.2, 0.25) is 0 Å². The molecular formula is C14H17ClN2. The summed E-state index contributed by atoms with van der Waals surface area (Å²) in [6.07, 6.45) is 2.56. The molecule has 0 aromatic heterocycles. The van der Waals surface area contributed by atoms with Crippen LogP contribution in [-0.4, -0.2) is 6.54 Å². The highest BCUT2D eigenvalue weighted by atomic mass is 35.5. The van der Waals surface area contributed by atoms with Crippen LogP contribution in [0.4, 0.5) is 5.69 Å². The summed E-state index contributed by atoms with van der Waals surface area (Å²) >= 11 is 6.00. The van der Waals surface area contributed by atoms with E-state index in [-0.39, 0.29) is 0 Å². The molecule has 1 aromatic carbocycles. The lowest BCUT2D eigenvalue weighted by molar-refractivity contribution is 0.380. The molecule has 2 rings (SSSR count). The second kappa shape index (κ2) is 4.58. The standard InChI is InChI=1S/C14H17ClN2/c1-10(2)14(6-7-14)9-17-13-5-3-4-12(15)11(13)8-16/h3-5,10,17H,6-7,9H2,1-2H3. The van der Waals surface area contributed by atoms with Crippen molar-refractivity contribution in [3.8, 4) is 6.07 Å². The van der Waals surface area contributed by atoms with Gasteiger partial charge in [0.15, 0.2) is 0 Å². The molecule has 1 aliphatic rings. The van der Waals surface area contributed by atoms with E-state index in [2.05, 4.69) is 25.2 Å². The molecule has 0 aliphatic heterocycles. The Bertz CT molecular complexity index is 456. The molecule has 0 atom stereocenters. The van der Waals surface area contributed by atoms with E-state index in [1.54, 1.807) is 6.07 Å². The second-order valence-corrected chi connectivity index (χ2v) is 5.55. The zero-order valence-corrected chi connectivity index (χ0v) is 11.0. The van der Waals surface area contributed by atoms with Gasteiger partial charge in [-0.25, -0.2) is 0 Å². The van der Waals surface area contributed by atoms with Crippen LogP contribution in [0.1, 0.15) is 32.3 Å². The molecular weight excluding hydrogens is 232 g/mol. The van der Waals surface area contributed by atoms with Crippen molar-refractivity contribution in [2.24, 2.45) is 11.3 Å². The Balaban J connectivity index is 2.10. The summed E-state index contributed by atoms with van der Waals surface area (Å²) < 4.78 is 0. The van der Waals surface area contributed by atoms with Crippen molar-refractivity contribution in [1.29, 1.82) is 5.26 Å². The van der Waals surface area contributed by atoms with Crippen LogP contribution in [-0.2, 0) is 0 Å². The van der Waals surface area contributed by atoms with Crippen molar-refractivity contribution in [3.63, 3.8) is 0 Å². The second-order valence-electron chi connectivity index (χ2n) is 5.14. The average Bonchev–Trinajstić information content (AvgIpc) is 3.07. The minimum atomic E-state index is 0.426. The normalized spacial score (nSPS) is 16.6. The molecule has 90 valence electrons. The van der Waals surface area contributed by atoms with Crippen molar-refractivity contribution in [1.82, 2.24) is 0 Å². The highest BCUT2D eigenvalue weighted by molar-refractivity contribution is 6.32. The smallest absolute Gasteiger partial charge is 0.103 e. The van der Waals surface area contributed by atoms with Crippen LogP contribution in [0.2, 0.25) is 5.02 Å². The molecule has 0 saturated heterocycles. The van der Waals surface area contributed by atoms with Gasteiger partial charge in [0.25, 0.3) is 0 Å². The number of nitriles is 1. The van der Waals surface area contributed by atoms with Crippen LogP contribution in [0.5, 0.6) is 0 Å². The zero-order valence-electron chi connectivity index (χ0n) is 10.3. The van der Waals surface area contributed by atoms with Crippen molar-refractivity contribution < 1.29 is 0 Å². The summed E-state index contributed by atoms with van der Waals surface area (Å²) in [5.41, 5.74) is 1.83. The minimum absolute atomic E-state index is 0.426. The van der Waals surface area contributed by atoms with Gasteiger partial charge in [-0.2, -0.15) is 5.26 Å². The van der Waals surface area contributed by atoms with E-state index in [1.165, 1.54) is 12.8 Å². The van der Waals surface area contributed by atoms with Crippen LogP contribution in [0, 0.1) is 22.7 Å². The third-order valence-electron chi connectivity index (χ3n) is 3.87. The van der Waals surface area contributed by atoms with E-state index >= 15 is 0 Å². The lowest BCUT2D eigenvalue weighted by Gasteiger charge is -2.21. The van der Waals surface area contributed by atoms with Crippen LogP contribution in [0.3, 0.4) is 0 Å². The number of nitrogens with zero attached hydrogens (tertiary/aromatic N) is 1. The first-order chi connectivity index (χ1) is 8.09. The summed E-state index contributed by atoms with van der Waals surface area (Å²) in [6.45, 7) is 5.45. The Kier molecular flexibility index (Phi) is 3.31. The average molecular weight is 249 g/mol. The van der Waals surface area contributed by atoms with Crippen LogP contribution in [0.15, 0.2) is 18.2 Å². The maximum absolute atomic E-state index is 9.08. The van der Waals surface area contributed by atoms with E-state index in [0.717, 1.165) is 12.2 Å². The summed E-state index contributed by atoms with van der Waals surface area (Å²) in [5.74, 6) is 0.680. The number of halogens is 1. The summed E-state index contributed by atoms with van der Waals surface area (Å²) in [6, 6.07) is 7.70. The monoisotopic (exact) mass is 248 g/mol. The maximum Gasteiger partial charge on any atom is 0.103 e. The highest BCUT2D eigenvalue weighted by Crippen LogP contribution is 2.51. The van der Waals surface area contributed by atoms with Crippen molar-refractivity contribution >= 4 is 17.3 Å². The molecule has 0 spiro atoms. The first kappa shape index (κ1) is 12.3. The van der Waals surface area contributed by atoms with Crippen molar-refractivity contribution in [2.75, 3.05) is 11.9 Å². The van der Waals surface area contributed by atoms with Gasteiger partial charge in [0.1, 0.15) is 6.07 Å². The summed E-state index contributed by atoms with van der Waals surface area (Å²) in [5, 5.41) is 13.0. The Morgan fingerprint density at radius 3 is 2.71 bits per heavy atom. The molecule has 1 aliphatic carbocycles. The lowest BCUT2D eigenvalue weighted by Crippen LogP contribution is -2.21. The number of benzene rings is 1. The van der Waals surface area contributed by atoms with Crippen LogP contribution >= 0.6 is 11.6 Å². The first-order valence-electron chi connectivity index (χ1n) is 6.01. The van der Waals surface area contributed by atoms with Crippen molar-refractivity contribution in [2.45, 2.75) is 26.7 Å². The molecule has 2 nitrogen and oxygen atoms in total. The van der Waals surface area contributed by atoms with Gasteiger partial charge >= 0.3 is 0 Å². The zero-order chi connectivity index (χ0) is 12.5. The summed E-state index contributed by atoms with van der Waals surface area (Å²) in [4.78, 5) is 0. The number of rotatable bonds is 4. The third kappa shape index (κ3) is 2.40. The Labute approximate surface area is 108 Å². The molecule has 0 unspecified atom stereocenters. The van der Waals surface area contributed by atoms with E-state index in [1.807, 2.05) is 12.1 Å². The quantitative estimate of drug-likeness (QED) is 0.872. The maximum atomic E-state index is 9.08. The molecule has 1 N–H and O–H groups in total. The molecule has 0 bridgehead atoms. The fraction of sp³-hybridized carbons (Fsp3) is 0.500. The topological polar surface area (TPSA) is 35.8 Å². The Morgan fingerprint density at radius 1 is 1.47 bits per heavy atom.